The summed E-state index contributed by atoms with van der Waals surface area (Å²) >= 11 is 5.91. The summed E-state index contributed by atoms with van der Waals surface area (Å²) in [6, 6.07) is 15.2. The molecule has 25 heavy (non-hydrogen) atoms. The van der Waals surface area contributed by atoms with Crippen LogP contribution in [0.15, 0.2) is 48.5 Å². The second-order valence-corrected chi connectivity index (χ2v) is 6.91. The van der Waals surface area contributed by atoms with Crippen LogP contribution < -0.4 is 10.1 Å². The Kier molecular flexibility index (Phi) is 4.36. The summed E-state index contributed by atoms with van der Waals surface area (Å²) in [7, 11) is 0. The van der Waals surface area contributed by atoms with Crippen LogP contribution in [0.1, 0.15) is 28.9 Å². The first-order valence-electron chi connectivity index (χ1n) is 8.46. The van der Waals surface area contributed by atoms with Gasteiger partial charge in [-0.3, -0.25) is 4.79 Å². The molecule has 1 amide bonds. The minimum absolute atomic E-state index is 0.0632. The minimum Gasteiger partial charge on any atom is -0.488 e. The number of amides is 1. The SMILES string of the molecule is O=C(NCC1CC1)c1cc2c(OCc3ccc(Cl)cc3)cccc2[nH]1. The van der Waals surface area contributed by atoms with Gasteiger partial charge in [-0.15, -0.1) is 0 Å². The van der Waals surface area contributed by atoms with Gasteiger partial charge >= 0.3 is 0 Å². The summed E-state index contributed by atoms with van der Waals surface area (Å²) < 4.78 is 5.95. The maximum absolute atomic E-state index is 12.3. The van der Waals surface area contributed by atoms with Crippen LogP contribution >= 0.6 is 11.6 Å². The number of H-pyrrole nitrogens is 1. The predicted molar refractivity (Wildman–Crippen MR) is 99.1 cm³/mol. The van der Waals surface area contributed by atoms with Crippen LogP contribution in [0.2, 0.25) is 5.02 Å². The summed E-state index contributed by atoms with van der Waals surface area (Å²) in [5.74, 6) is 1.35. The van der Waals surface area contributed by atoms with Crippen LogP contribution in [0.4, 0.5) is 0 Å². The van der Waals surface area contributed by atoms with Gasteiger partial charge in [-0.05, 0) is 54.7 Å². The van der Waals surface area contributed by atoms with Gasteiger partial charge in [-0.2, -0.15) is 0 Å². The predicted octanol–water partition coefficient (Wildman–Crippen LogP) is 4.54. The van der Waals surface area contributed by atoms with E-state index in [4.69, 9.17) is 16.3 Å². The van der Waals surface area contributed by atoms with E-state index in [-0.39, 0.29) is 5.91 Å². The molecule has 0 radical (unpaired) electrons. The Labute approximate surface area is 151 Å². The van der Waals surface area contributed by atoms with E-state index in [0.29, 0.717) is 23.2 Å². The van der Waals surface area contributed by atoms with Crippen LogP contribution in [-0.2, 0) is 6.61 Å². The van der Waals surface area contributed by atoms with Crippen molar-refractivity contribution in [1.82, 2.24) is 10.3 Å². The van der Waals surface area contributed by atoms with Crippen molar-refractivity contribution in [2.75, 3.05) is 6.54 Å². The zero-order valence-corrected chi connectivity index (χ0v) is 14.5. The third-order valence-electron chi connectivity index (χ3n) is 4.42. The van der Waals surface area contributed by atoms with Crippen molar-refractivity contribution in [1.29, 1.82) is 0 Å². The molecular weight excluding hydrogens is 336 g/mol. The molecule has 0 saturated heterocycles. The second kappa shape index (κ2) is 6.81. The average Bonchev–Trinajstić information content (AvgIpc) is 3.35. The molecule has 0 bridgehead atoms. The van der Waals surface area contributed by atoms with E-state index >= 15 is 0 Å². The molecule has 1 aliphatic carbocycles. The van der Waals surface area contributed by atoms with Gasteiger partial charge in [0.05, 0.1) is 0 Å². The number of benzene rings is 2. The number of nitrogens with one attached hydrogen (secondary N) is 2. The summed E-state index contributed by atoms with van der Waals surface area (Å²) in [4.78, 5) is 15.4. The normalized spacial score (nSPS) is 13.8. The average molecular weight is 355 g/mol. The second-order valence-electron chi connectivity index (χ2n) is 6.47. The monoisotopic (exact) mass is 354 g/mol. The van der Waals surface area contributed by atoms with Gasteiger partial charge in [0, 0.05) is 22.5 Å². The molecule has 2 N–H and O–H groups in total. The summed E-state index contributed by atoms with van der Waals surface area (Å²) in [5.41, 5.74) is 2.50. The van der Waals surface area contributed by atoms with Crippen LogP contribution in [-0.4, -0.2) is 17.4 Å². The van der Waals surface area contributed by atoms with E-state index in [1.165, 1.54) is 12.8 Å². The van der Waals surface area contributed by atoms with Gasteiger partial charge in [-0.25, -0.2) is 0 Å². The highest BCUT2D eigenvalue weighted by atomic mass is 35.5. The fourth-order valence-electron chi connectivity index (χ4n) is 2.77. The fraction of sp³-hybridized carbons (Fsp3) is 0.250. The highest BCUT2D eigenvalue weighted by molar-refractivity contribution is 6.30. The van der Waals surface area contributed by atoms with Crippen molar-refractivity contribution in [3.05, 3.63) is 64.8 Å². The van der Waals surface area contributed by atoms with Crippen LogP contribution in [0.5, 0.6) is 5.75 Å². The van der Waals surface area contributed by atoms with Gasteiger partial charge in [0.25, 0.3) is 5.91 Å². The molecule has 2 aromatic carbocycles. The van der Waals surface area contributed by atoms with Gasteiger partial charge in [0.15, 0.2) is 0 Å². The Balaban J connectivity index is 1.50. The van der Waals surface area contributed by atoms with Crippen molar-refractivity contribution in [3.8, 4) is 5.75 Å². The Morgan fingerprint density at radius 3 is 2.76 bits per heavy atom. The third-order valence-corrected chi connectivity index (χ3v) is 4.68. The van der Waals surface area contributed by atoms with E-state index < -0.39 is 0 Å². The molecule has 3 aromatic rings. The smallest absolute Gasteiger partial charge is 0.267 e. The number of hydrogen-bond acceptors (Lipinski definition) is 2. The maximum Gasteiger partial charge on any atom is 0.267 e. The number of aromatic nitrogens is 1. The zero-order chi connectivity index (χ0) is 17.2. The molecule has 1 aliphatic rings. The molecule has 5 heteroatoms. The summed E-state index contributed by atoms with van der Waals surface area (Å²) in [6.45, 7) is 1.21. The Morgan fingerprint density at radius 1 is 1.20 bits per heavy atom. The first kappa shape index (κ1) is 16.0. The van der Waals surface area contributed by atoms with Crippen LogP contribution in [0, 0.1) is 5.92 Å². The lowest BCUT2D eigenvalue weighted by Crippen LogP contribution is -2.25. The first-order valence-corrected chi connectivity index (χ1v) is 8.84. The summed E-state index contributed by atoms with van der Waals surface area (Å²) in [5, 5.41) is 4.60. The number of halogens is 1. The van der Waals surface area contributed by atoms with E-state index in [2.05, 4.69) is 10.3 Å². The van der Waals surface area contributed by atoms with E-state index in [1.807, 2.05) is 48.5 Å². The standard InChI is InChI=1S/C20H19ClN2O2/c21-15-8-6-14(7-9-15)12-25-19-3-1-2-17-16(19)10-18(23-17)20(24)22-11-13-4-5-13/h1-3,6-10,13,23H,4-5,11-12H2,(H,22,24). The number of rotatable bonds is 6. The number of ether oxygens (including phenoxy) is 1. The van der Waals surface area contributed by atoms with E-state index in [1.54, 1.807) is 0 Å². The molecule has 0 unspecified atom stereocenters. The first-order chi connectivity index (χ1) is 12.2. The molecule has 0 spiro atoms. The quantitative estimate of drug-likeness (QED) is 0.682. The number of carbonyl (C=O) groups is 1. The van der Waals surface area contributed by atoms with Crippen molar-refractivity contribution in [2.24, 2.45) is 5.92 Å². The molecule has 1 saturated carbocycles. The zero-order valence-electron chi connectivity index (χ0n) is 13.7. The lowest BCUT2D eigenvalue weighted by atomic mass is 10.2. The molecule has 0 aliphatic heterocycles. The highest BCUT2D eigenvalue weighted by Gasteiger charge is 2.22. The van der Waals surface area contributed by atoms with Gasteiger partial charge < -0.3 is 15.0 Å². The topological polar surface area (TPSA) is 54.1 Å². The largest absolute Gasteiger partial charge is 0.488 e. The lowest BCUT2D eigenvalue weighted by Gasteiger charge is -2.07. The number of fused-ring (bicyclic) bond motifs is 1. The van der Waals surface area contributed by atoms with E-state index in [9.17, 15) is 4.79 Å². The molecule has 128 valence electrons. The Bertz CT molecular complexity index is 898. The maximum atomic E-state index is 12.3. The van der Waals surface area contributed by atoms with Gasteiger partial charge in [0.2, 0.25) is 0 Å². The molecule has 1 fully saturated rings. The number of aromatic amines is 1. The van der Waals surface area contributed by atoms with Crippen LogP contribution in [0.3, 0.4) is 0 Å². The van der Waals surface area contributed by atoms with Crippen molar-refractivity contribution < 1.29 is 9.53 Å². The van der Waals surface area contributed by atoms with Gasteiger partial charge in [0.1, 0.15) is 18.1 Å². The third kappa shape index (κ3) is 3.80. The molecular formula is C20H19ClN2O2. The Morgan fingerprint density at radius 2 is 2.00 bits per heavy atom. The minimum atomic E-state index is -0.0632. The van der Waals surface area contributed by atoms with Crippen molar-refractivity contribution in [3.63, 3.8) is 0 Å². The van der Waals surface area contributed by atoms with Crippen LogP contribution in [0.25, 0.3) is 10.9 Å². The molecule has 1 heterocycles. The highest BCUT2D eigenvalue weighted by Crippen LogP contribution is 2.29. The van der Waals surface area contributed by atoms with Gasteiger partial charge in [-0.1, -0.05) is 29.8 Å². The van der Waals surface area contributed by atoms with E-state index in [0.717, 1.165) is 28.8 Å². The molecule has 1 aromatic heterocycles. The summed E-state index contributed by atoms with van der Waals surface area (Å²) in [6.07, 6.45) is 2.44. The molecule has 0 atom stereocenters. The fourth-order valence-corrected chi connectivity index (χ4v) is 2.90. The Hall–Kier alpha value is -2.46. The molecule has 4 nitrogen and oxygen atoms in total. The van der Waals surface area contributed by atoms with Crippen molar-refractivity contribution >= 4 is 28.4 Å². The van der Waals surface area contributed by atoms with Crippen molar-refractivity contribution in [2.45, 2.75) is 19.4 Å². The number of carbonyl (C=O) groups excluding carboxylic acids is 1. The lowest BCUT2D eigenvalue weighted by molar-refractivity contribution is 0.0947. The number of hydrogen-bond donors (Lipinski definition) is 2. The molecule has 4 rings (SSSR count).